The van der Waals surface area contributed by atoms with Crippen molar-refractivity contribution in [1.82, 2.24) is 9.47 Å². The molecule has 5 heteroatoms. The van der Waals surface area contributed by atoms with E-state index in [0.29, 0.717) is 18.5 Å². The van der Waals surface area contributed by atoms with Gasteiger partial charge in [-0.3, -0.25) is 4.79 Å². The Kier molecular flexibility index (Phi) is 7.11. The van der Waals surface area contributed by atoms with Crippen LogP contribution in [0.2, 0.25) is 5.02 Å². The summed E-state index contributed by atoms with van der Waals surface area (Å²) in [4.78, 5) is 15.4. The van der Waals surface area contributed by atoms with Gasteiger partial charge in [-0.05, 0) is 56.5 Å². The molecule has 28 heavy (non-hydrogen) atoms. The molecule has 3 nitrogen and oxygen atoms in total. The SMILES string of the molecule is CC(C)(CCl)C(=O)N(Cc1cccn1Cc1cccc(Cl)c1)C1CCCCC1. The number of amides is 1. The molecule has 1 fully saturated rings. The summed E-state index contributed by atoms with van der Waals surface area (Å²) in [5, 5.41) is 0.745. The summed E-state index contributed by atoms with van der Waals surface area (Å²) in [5.74, 6) is 0.489. The average molecular weight is 421 g/mol. The third-order valence-corrected chi connectivity index (χ3v) is 6.59. The molecule has 3 rings (SSSR count). The lowest BCUT2D eigenvalue weighted by molar-refractivity contribution is -0.143. The van der Waals surface area contributed by atoms with Crippen molar-refractivity contribution in [1.29, 1.82) is 0 Å². The summed E-state index contributed by atoms with van der Waals surface area (Å²) in [6, 6.07) is 12.4. The van der Waals surface area contributed by atoms with Crippen LogP contribution in [0.15, 0.2) is 42.6 Å². The van der Waals surface area contributed by atoms with Gasteiger partial charge in [0.1, 0.15) is 0 Å². The maximum atomic E-state index is 13.4. The molecule has 1 aromatic heterocycles. The van der Waals surface area contributed by atoms with Crippen LogP contribution in [0.25, 0.3) is 0 Å². The fourth-order valence-electron chi connectivity index (χ4n) is 3.96. The first-order valence-electron chi connectivity index (χ1n) is 10.2. The topological polar surface area (TPSA) is 25.2 Å². The van der Waals surface area contributed by atoms with Crippen LogP contribution in [-0.4, -0.2) is 27.3 Å². The Bertz CT molecular complexity index is 793. The molecule has 0 saturated heterocycles. The fourth-order valence-corrected chi connectivity index (χ4v) is 4.29. The highest BCUT2D eigenvalue weighted by Crippen LogP contribution is 2.30. The molecule has 1 aliphatic carbocycles. The van der Waals surface area contributed by atoms with Crippen LogP contribution in [0.5, 0.6) is 0 Å². The van der Waals surface area contributed by atoms with Crippen LogP contribution in [0.3, 0.4) is 0 Å². The maximum absolute atomic E-state index is 13.4. The highest BCUT2D eigenvalue weighted by atomic mass is 35.5. The molecule has 0 atom stereocenters. The van der Waals surface area contributed by atoms with Crippen molar-refractivity contribution < 1.29 is 4.79 Å². The molecule has 0 N–H and O–H groups in total. The standard InChI is InChI=1S/C23H30Cl2N2O/c1-23(2,17-24)22(28)27(20-10-4-3-5-11-20)16-21-12-7-13-26(21)15-18-8-6-9-19(25)14-18/h6-9,12-14,20H,3-5,10-11,15-17H2,1-2H3. The largest absolute Gasteiger partial charge is 0.345 e. The highest BCUT2D eigenvalue weighted by molar-refractivity contribution is 6.30. The second-order valence-corrected chi connectivity index (χ2v) is 9.20. The molecular formula is C23H30Cl2N2O. The summed E-state index contributed by atoms with van der Waals surface area (Å²) < 4.78 is 2.21. The van der Waals surface area contributed by atoms with Crippen LogP contribution in [-0.2, 0) is 17.9 Å². The minimum absolute atomic E-state index is 0.157. The van der Waals surface area contributed by atoms with Gasteiger partial charge in [0, 0.05) is 35.4 Å². The van der Waals surface area contributed by atoms with E-state index in [4.69, 9.17) is 23.2 Å². The van der Waals surface area contributed by atoms with Gasteiger partial charge in [-0.25, -0.2) is 0 Å². The van der Waals surface area contributed by atoms with Crippen LogP contribution in [0.4, 0.5) is 0 Å². The lowest BCUT2D eigenvalue weighted by Crippen LogP contribution is -2.48. The molecule has 0 unspecified atom stereocenters. The number of benzene rings is 1. The Labute approximate surface area is 178 Å². The first-order valence-corrected chi connectivity index (χ1v) is 11.1. The first-order chi connectivity index (χ1) is 13.4. The Morgan fingerprint density at radius 2 is 1.93 bits per heavy atom. The van der Waals surface area contributed by atoms with Crippen molar-refractivity contribution in [3.05, 3.63) is 58.9 Å². The summed E-state index contributed by atoms with van der Waals surface area (Å²) >= 11 is 12.3. The monoisotopic (exact) mass is 420 g/mol. The molecule has 1 amide bonds. The van der Waals surface area contributed by atoms with Gasteiger partial charge in [0.05, 0.1) is 12.0 Å². The van der Waals surface area contributed by atoms with Crippen LogP contribution in [0, 0.1) is 5.41 Å². The van der Waals surface area contributed by atoms with Gasteiger partial charge in [-0.1, -0.05) is 43.0 Å². The first kappa shape index (κ1) is 21.3. The van der Waals surface area contributed by atoms with Crippen LogP contribution >= 0.6 is 23.2 Å². The van der Waals surface area contributed by atoms with Gasteiger partial charge >= 0.3 is 0 Å². The lowest BCUT2D eigenvalue weighted by Gasteiger charge is -2.39. The highest BCUT2D eigenvalue weighted by Gasteiger charge is 2.35. The second kappa shape index (κ2) is 9.37. The summed E-state index contributed by atoms with van der Waals surface area (Å²) in [6.45, 7) is 5.26. The predicted molar refractivity (Wildman–Crippen MR) is 117 cm³/mol. The number of carbonyl (C=O) groups excluding carboxylic acids is 1. The molecule has 152 valence electrons. The minimum atomic E-state index is -0.552. The van der Waals surface area contributed by atoms with Crippen LogP contribution < -0.4 is 0 Å². The Balaban J connectivity index is 1.83. The molecule has 1 heterocycles. The smallest absolute Gasteiger partial charge is 0.230 e. The van der Waals surface area contributed by atoms with E-state index in [1.54, 1.807) is 0 Å². The van der Waals surface area contributed by atoms with E-state index >= 15 is 0 Å². The van der Waals surface area contributed by atoms with Crippen molar-refractivity contribution in [2.24, 2.45) is 5.41 Å². The summed E-state index contributed by atoms with van der Waals surface area (Å²) in [5.41, 5.74) is 1.74. The van der Waals surface area contributed by atoms with E-state index in [-0.39, 0.29) is 5.91 Å². The quantitative estimate of drug-likeness (QED) is 0.495. The fraction of sp³-hybridized carbons (Fsp3) is 0.522. The lowest BCUT2D eigenvalue weighted by atomic mass is 9.89. The third-order valence-electron chi connectivity index (χ3n) is 5.69. The molecule has 0 radical (unpaired) electrons. The van der Waals surface area contributed by atoms with Gasteiger partial charge in [-0.2, -0.15) is 0 Å². The molecule has 1 aliphatic rings. The van der Waals surface area contributed by atoms with Gasteiger partial charge in [0.25, 0.3) is 0 Å². The maximum Gasteiger partial charge on any atom is 0.230 e. The van der Waals surface area contributed by atoms with E-state index in [1.807, 2.05) is 32.0 Å². The number of hydrogen-bond acceptors (Lipinski definition) is 1. The van der Waals surface area contributed by atoms with E-state index in [0.717, 1.165) is 35.7 Å². The number of halogens is 2. The van der Waals surface area contributed by atoms with E-state index in [9.17, 15) is 4.79 Å². The summed E-state index contributed by atoms with van der Waals surface area (Å²) in [6.07, 6.45) is 7.89. The molecule has 2 aromatic rings. The zero-order chi connectivity index (χ0) is 20.1. The molecule has 0 spiro atoms. The Morgan fingerprint density at radius 3 is 2.61 bits per heavy atom. The molecule has 0 bridgehead atoms. The van der Waals surface area contributed by atoms with Gasteiger partial charge in [-0.15, -0.1) is 11.6 Å². The van der Waals surface area contributed by atoms with Crippen LogP contribution in [0.1, 0.15) is 57.2 Å². The Morgan fingerprint density at radius 1 is 1.18 bits per heavy atom. The van der Waals surface area contributed by atoms with E-state index in [2.05, 4.69) is 33.9 Å². The summed E-state index contributed by atoms with van der Waals surface area (Å²) in [7, 11) is 0. The van der Waals surface area contributed by atoms with Crippen molar-refractivity contribution >= 4 is 29.1 Å². The second-order valence-electron chi connectivity index (χ2n) is 8.50. The zero-order valence-corrected chi connectivity index (χ0v) is 18.3. The number of nitrogens with zero attached hydrogens (tertiary/aromatic N) is 2. The number of aromatic nitrogens is 1. The van der Waals surface area contributed by atoms with Gasteiger partial charge in [0.15, 0.2) is 0 Å². The van der Waals surface area contributed by atoms with Crippen molar-refractivity contribution in [2.75, 3.05) is 5.88 Å². The molecule has 1 aromatic carbocycles. The normalized spacial score (nSPS) is 15.6. The number of hydrogen-bond donors (Lipinski definition) is 0. The number of rotatable bonds is 7. The zero-order valence-electron chi connectivity index (χ0n) is 16.8. The predicted octanol–water partition coefficient (Wildman–Crippen LogP) is 6.12. The van der Waals surface area contributed by atoms with E-state index in [1.165, 1.54) is 19.3 Å². The van der Waals surface area contributed by atoms with Gasteiger partial charge in [0.2, 0.25) is 5.91 Å². The third kappa shape index (κ3) is 5.12. The van der Waals surface area contributed by atoms with Crippen molar-refractivity contribution in [2.45, 2.75) is 65.1 Å². The molecule has 0 aliphatic heterocycles. The minimum Gasteiger partial charge on any atom is -0.345 e. The average Bonchev–Trinajstić information content (AvgIpc) is 3.13. The van der Waals surface area contributed by atoms with Gasteiger partial charge < -0.3 is 9.47 Å². The number of alkyl halides is 1. The number of carbonyl (C=O) groups is 1. The molecule has 1 saturated carbocycles. The van der Waals surface area contributed by atoms with E-state index < -0.39 is 5.41 Å². The van der Waals surface area contributed by atoms with Crippen molar-refractivity contribution in [3.8, 4) is 0 Å². The Hall–Kier alpha value is -1.45. The van der Waals surface area contributed by atoms with Crippen molar-refractivity contribution in [3.63, 3.8) is 0 Å². The molecular weight excluding hydrogens is 391 g/mol.